The molecule has 17 heavy (non-hydrogen) atoms. The third-order valence-corrected chi connectivity index (χ3v) is 3.24. The van der Waals surface area contributed by atoms with Crippen molar-refractivity contribution in [3.63, 3.8) is 0 Å². The van der Waals surface area contributed by atoms with Gasteiger partial charge in [0.2, 0.25) is 0 Å². The predicted octanol–water partition coefficient (Wildman–Crippen LogP) is 3.60. The fourth-order valence-electron chi connectivity index (χ4n) is 1.54. The number of rotatable bonds is 5. The lowest BCUT2D eigenvalue weighted by Gasteiger charge is -2.06. The lowest BCUT2D eigenvalue weighted by Crippen LogP contribution is -2.13. The largest absolute Gasteiger partial charge is 0.302 e. The zero-order valence-electron chi connectivity index (χ0n) is 9.57. The SMILES string of the molecule is CCONCc1ccc(F)c(-c2cccs2)c1. The molecule has 1 aromatic heterocycles. The van der Waals surface area contributed by atoms with E-state index in [4.69, 9.17) is 4.84 Å². The number of thiophene rings is 1. The first-order valence-electron chi connectivity index (χ1n) is 5.48. The molecule has 2 aromatic rings. The van der Waals surface area contributed by atoms with Crippen LogP contribution in [0.1, 0.15) is 12.5 Å². The molecule has 1 heterocycles. The Labute approximate surface area is 104 Å². The molecule has 4 heteroatoms. The van der Waals surface area contributed by atoms with Crippen LogP contribution >= 0.6 is 11.3 Å². The first kappa shape index (κ1) is 12.2. The maximum Gasteiger partial charge on any atom is 0.131 e. The van der Waals surface area contributed by atoms with Gasteiger partial charge in [-0.05, 0) is 36.1 Å². The van der Waals surface area contributed by atoms with Gasteiger partial charge in [0.05, 0.1) is 6.61 Å². The Morgan fingerprint density at radius 3 is 2.94 bits per heavy atom. The van der Waals surface area contributed by atoms with Crippen molar-refractivity contribution in [3.8, 4) is 10.4 Å². The summed E-state index contributed by atoms with van der Waals surface area (Å²) in [7, 11) is 0. The molecule has 0 radical (unpaired) electrons. The van der Waals surface area contributed by atoms with Gasteiger partial charge < -0.3 is 4.84 Å². The number of hydroxylamine groups is 1. The Kier molecular flexibility index (Phi) is 4.25. The highest BCUT2D eigenvalue weighted by Gasteiger charge is 2.07. The third-order valence-electron chi connectivity index (χ3n) is 2.34. The average molecular weight is 251 g/mol. The van der Waals surface area contributed by atoms with Crippen LogP contribution in [0.5, 0.6) is 0 Å². The standard InChI is InChI=1S/C13H14FNOS/c1-2-16-15-9-10-5-6-12(14)11(8-10)13-4-3-7-17-13/h3-8,15H,2,9H2,1H3. The van der Waals surface area contributed by atoms with Gasteiger partial charge in [-0.2, -0.15) is 5.48 Å². The highest BCUT2D eigenvalue weighted by atomic mass is 32.1. The molecule has 1 aromatic carbocycles. The number of benzene rings is 1. The van der Waals surface area contributed by atoms with E-state index in [1.165, 1.54) is 17.4 Å². The van der Waals surface area contributed by atoms with Crippen LogP contribution in [-0.4, -0.2) is 6.61 Å². The monoisotopic (exact) mass is 251 g/mol. The van der Waals surface area contributed by atoms with Gasteiger partial charge in [-0.3, -0.25) is 0 Å². The lowest BCUT2D eigenvalue weighted by molar-refractivity contribution is 0.0463. The first-order chi connectivity index (χ1) is 8.31. The van der Waals surface area contributed by atoms with Crippen LogP contribution in [0.25, 0.3) is 10.4 Å². The maximum atomic E-state index is 13.7. The zero-order valence-corrected chi connectivity index (χ0v) is 10.4. The molecule has 0 aliphatic carbocycles. The summed E-state index contributed by atoms with van der Waals surface area (Å²) in [5.74, 6) is -0.187. The van der Waals surface area contributed by atoms with Crippen molar-refractivity contribution in [2.24, 2.45) is 0 Å². The van der Waals surface area contributed by atoms with Crippen LogP contribution < -0.4 is 5.48 Å². The van der Waals surface area contributed by atoms with Crippen LogP contribution in [0.3, 0.4) is 0 Å². The van der Waals surface area contributed by atoms with E-state index in [-0.39, 0.29) is 5.82 Å². The van der Waals surface area contributed by atoms with Crippen LogP contribution in [-0.2, 0) is 11.4 Å². The third kappa shape index (κ3) is 3.12. The van der Waals surface area contributed by atoms with Crippen molar-refractivity contribution in [3.05, 3.63) is 47.1 Å². The summed E-state index contributed by atoms with van der Waals surface area (Å²) >= 11 is 1.54. The number of halogens is 1. The summed E-state index contributed by atoms with van der Waals surface area (Å²) in [6.07, 6.45) is 0. The van der Waals surface area contributed by atoms with E-state index >= 15 is 0 Å². The molecule has 0 amide bonds. The van der Waals surface area contributed by atoms with E-state index in [9.17, 15) is 4.39 Å². The van der Waals surface area contributed by atoms with Gasteiger partial charge in [-0.15, -0.1) is 11.3 Å². The Bertz CT molecular complexity index is 470. The molecule has 0 unspecified atom stereocenters. The van der Waals surface area contributed by atoms with Crippen molar-refractivity contribution in [1.82, 2.24) is 5.48 Å². The van der Waals surface area contributed by atoms with E-state index in [2.05, 4.69) is 5.48 Å². The first-order valence-corrected chi connectivity index (χ1v) is 6.36. The molecule has 1 N–H and O–H groups in total. The molecule has 0 bridgehead atoms. The van der Waals surface area contributed by atoms with Crippen LogP contribution in [0.2, 0.25) is 0 Å². The zero-order chi connectivity index (χ0) is 12.1. The van der Waals surface area contributed by atoms with Gasteiger partial charge in [0.25, 0.3) is 0 Å². The second-order valence-corrected chi connectivity index (χ2v) is 4.49. The molecule has 2 nitrogen and oxygen atoms in total. The molecular formula is C13H14FNOS. The fourth-order valence-corrected chi connectivity index (χ4v) is 2.28. The van der Waals surface area contributed by atoms with E-state index < -0.39 is 0 Å². The van der Waals surface area contributed by atoms with Crippen molar-refractivity contribution >= 4 is 11.3 Å². The maximum absolute atomic E-state index is 13.7. The van der Waals surface area contributed by atoms with E-state index in [1.54, 1.807) is 6.07 Å². The van der Waals surface area contributed by atoms with E-state index in [0.717, 1.165) is 10.4 Å². The molecular weight excluding hydrogens is 237 g/mol. The van der Waals surface area contributed by atoms with Crippen LogP contribution in [0.4, 0.5) is 4.39 Å². The second kappa shape index (κ2) is 5.91. The molecule has 0 saturated heterocycles. The molecule has 0 saturated carbocycles. The van der Waals surface area contributed by atoms with Crippen molar-refractivity contribution in [2.45, 2.75) is 13.5 Å². The summed E-state index contributed by atoms with van der Waals surface area (Å²) in [4.78, 5) is 6.00. The fraction of sp³-hybridized carbons (Fsp3) is 0.231. The number of hydrogen-bond acceptors (Lipinski definition) is 3. The summed E-state index contributed by atoms with van der Waals surface area (Å²) in [5.41, 5.74) is 4.48. The number of hydrogen-bond donors (Lipinski definition) is 1. The van der Waals surface area contributed by atoms with Gasteiger partial charge in [-0.25, -0.2) is 4.39 Å². The van der Waals surface area contributed by atoms with Crippen molar-refractivity contribution in [2.75, 3.05) is 6.61 Å². The van der Waals surface area contributed by atoms with Gasteiger partial charge in [0.1, 0.15) is 5.82 Å². The van der Waals surface area contributed by atoms with E-state index in [1.807, 2.05) is 30.5 Å². The normalized spacial score (nSPS) is 10.7. The van der Waals surface area contributed by atoms with Gasteiger partial charge in [0, 0.05) is 17.0 Å². The number of nitrogens with one attached hydrogen (secondary N) is 1. The Morgan fingerprint density at radius 1 is 1.35 bits per heavy atom. The lowest BCUT2D eigenvalue weighted by atomic mass is 10.1. The smallest absolute Gasteiger partial charge is 0.131 e. The Balaban J connectivity index is 2.18. The van der Waals surface area contributed by atoms with Crippen LogP contribution in [0, 0.1) is 5.82 Å². The minimum Gasteiger partial charge on any atom is -0.302 e. The second-order valence-electron chi connectivity index (χ2n) is 3.55. The highest BCUT2D eigenvalue weighted by Crippen LogP contribution is 2.28. The molecule has 0 aliphatic rings. The Morgan fingerprint density at radius 2 is 2.24 bits per heavy atom. The molecule has 0 atom stereocenters. The Hall–Kier alpha value is -1.23. The van der Waals surface area contributed by atoms with Crippen LogP contribution in [0.15, 0.2) is 35.7 Å². The average Bonchev–Trinajstić information content (AvgIpc) is 2.85. The van der Waals surface area contributed by atoms with Gasteiger partial charge in [0.15, 0.2) is 0 Å². The molecule has 0 fully saturated rings. The predicted molar refractivity (Wildman–Crippen MR) is 68.2 cm³/mol. The summed E-state index contributed by atoms with van der Waals surface area (Å²) in [6, 6.07) is 8.96. The quantitative estimate of drug-likeness (QED) is 0.647. The van der Waals surface area contributed by atoms with Crippen molar-refractivity contribution in [1.29, 1.82) is 0 Å². The molecule has 0 spiro atoms. The topological polar surface area (TPSA) is 21.3 Å². The van der Waals surface area contributed by atoms with E-state index in [0.29, 0.717) is 18.7 Å². The summed E-state index contributed by atoms with van der Waals surface area (Å²) < 4.78 is 13.7. The van der Waals surface area contributed by atoms with Gasteiger partial charge >= 0.3 is 0 Å². The molecule has 0 aliphatic heterocycles. The highest BCUT2D eigenvalue weighted by molar-refractivity contribution is 7.13. The van der Waals surface area contributed by atoms with Gasteiger partial charge in [-0.1, -0.05) is 12.1 Å². The molecule has 2 rings (SSSR count). The summed E-state index contributed by atoms with van der Waals surface area (Å²) in [5, 5.41) is 1.94. The van der Waals surface area contributed by atoms with Crippen molar-refractivity contribution < 1.29 is 9.23 Å². The minimum atomic E-state index is -0.187. The molecule has 90 valence electrons. The minimum absolute atomic E-state index is 0.187. The summed E-state index contributed by atoms with van der Waals surface area (Å²) in [6.45, 7) is 3.10.